The number of esters is 1. The second kappa shape index (κ2) is 20.0. The molecule has 0 aliphatic carbocycles. The Hall–Kier alpha value is -3.98. The summed E-state index contributed by atoms with van der Waals surface area (Å²) in [5.74, 6) is 0.765. The smallest absolute Gasteiger partial charge is 0.343 e. The summed E-state index contributed by atoms with van der Waals surface area (Å²) in [4.78, 5) is 12.3. The van der Waals surface area contributed by atoms with Crippen LogP contribution in [0, 0.1) is 11.3 Å². The lowest BCUT2D eigenvalue weighted by Crippen LogP contribution is -2.08. The number of unbranched alkanes of at least 4 members (excludes halogenated alkanes) is 13. The van der Waals surface area contributed by atoms with Crippen LogP contribution in [0.1, 0.15) is 113 Å². The lowest BCUT2D eigenvalue weighted by Gasteiger charge is -2.06. The van der Waals surface area contributed by atoms with Gasteiger partial charge in [-0.2, -0.15) is 15.5 Å². The molecule has 0 bridgehead atoms. The number of benzene rings is 3. The summed E-state index contributed by atoms with van der Waals surface area (Å²) in [6, 6.07) is 22.8. The molecule has 3 aromatic carbocycles. The van der Waals surface area contributed by atoms with Crippen LogP contribution in [-0.2, 0) is 0 Å². The fraction of sp³-hybridized carbons (Fsp3) is 0.444. The van der Waals surface area contributed by atoms with Gasteiger partial charge in [0.15, 0.2) is 0 Å². The van der Waals surface area contributed by atoms with Crippen molar-refractivity contribution in [2.45, 2.75) is 96.8 Å². The molecule has 0 atom stereocenters. The molecule has 42 heavy (non-hydrogen) atoms. The molecule has 0 aromatic heterocycles. The maximum atomic E-state index is 12.3. The SMILES string of the molecule is CCCCCCCCCCCCCCCCOc1ccc(N=Nc2ccc(OC(=O)c3ccc(C#N)cc3)cc2)cc1. The highest BCUT2D eigenvalue weighted by Gasteiger charge is 2.08. The predicted molar refractivity (Wildman–Crippen MR) is 169 cm³/mol. The topological polar surface area (TPSA) is 84.0 Å². The van der Waals surface area contributed by atoms with Gasteiger partial charge >= 0.3 is 5.97 Å². The number of ether oxygens (including phenoxy) is 2. The number of azo groups is 1. The number of nitrogens with zero attached hydrogens (tertiary/aromatic N) is 3. The van der Waals surface area contributed by atoms with Crippen LogP contribution in [0.2, 0.25) is 0 Å². The molecule has 0 aliphatic heterocycles. The van der Waals surface area contributed by atoms with Crippen molar-refractivity contribution < 1.29 is 14.3 Å². The number of rotatable bonds is 20. The van der Waals surface area contributed by atoms with Gasteiger partial charge in [-0.1, -0.05) is 90.4 Å². The quantitative estimate of drug-likeness (QED) is 0.0588. The highest BCUT2D eigenvalue weighted by atomic mass is 16.5. The van der Waals surface area contributed by atoms with Crippen LogP contribution in [0.25, 0.3) is 0 Å². The van der Waals surface area contributed by atoms with Gasteiger partial charge < -0.3 is 9.47 Å². The van der Waals surface area contributed by atoms with Crippen molar-refractivity contribution in [3.63, 3.8) is 0 Å². The molecule has 6 heteroatoms. The van der Waals surface area contributed by atoms with Crippen molar-refractivity contribution in [3.05, 3.63) is 83.9 Å². The first-order chi connectivity index (χ1) is 20.7. The summed E-state index contributed by atoms with van der Waals surface area (Å²) in [6.07, 6.45) is 18.9. The molecular formula is C36H45N3O3. The summed E-state index contributed by atoms with van der Waals surface area (Å²) in [7, 11) is 0. The molecule has 6 nitrogen and oxygen atoms in total. The van der Waals surface area contributed by atoms with E-state index >= 15 is 0 Å². The molecular weight excluding hydrogens is 522 g/mol. The van der Waals surface area contributed by atoms with Crippen LogP contribution >= 0.6 is 0 Å². The van der Waals surface area contributed by atoms with E-state index in [9.17, 15) is 4.79 Å². The van der Waals surface area contributed by atoms with Crippen molar-refractivity contribution in [3.8, 4) is 17.6 Å². The summed E-state index contributed by atoms with van der Waals surface area (Å²) in [5.41, 5.74) is 2.25. The van der Waals surface area contributed by atoms with Gasteiger partial charge in [0, 0.05) is 0 Å². The van der Waals surface area contributed by atoms with Gasteiger partial charge in [0.2, 0.25) is 0 Å². The van der Waals surface area contributed by atoms with Gasteiger partial charge in [0.05, 0.1) is 35.2 Å². The summed E-state index contributed by atoms with van der Waals surface area (Å²) >= 11 is 0. The van der Waals surface area contributed by atoms with Crippen molar-refractivity contribution in [1.82, 2.24) is 0 Å². The first-order valence-corrected chi connectivity index (χ1v) is 15.6. The molecule has 3 rings (SSSR count). The number of hydrogen-bond donors (Lipinski definition) is 0. The zero-order valence-corrected chi connectivity index (χ0v) is 25.1. The third-order valence-electron chi connectivity index (χ3n) is 7.18. The van der Waals surface area contributed by atoms with Gasteiger partial charge in [-0.05, 0) is 79.2 Å². The molecule has 3 aromatic rings. The molecule has 222 valence electrons. The third-order valence-corrected chi connectivity index (χ3v) is 7.18. The van der Waals surface area contributed by atoms with Crippen molar-refractivity contribution >= 4 is 17.3 Å². The Kier molecular flexibility index (Phi) is 15.5. The minimum atomic E-state index is -0.486. The van der Waals surface area contributed by atoms with Crippen LogP contribution < -0.4 is 9.47 Å². The average molecular weight is 568 g/mol. The number of hydrogen-bond acceptors (Lipinski definition) is 6. The van der Waals surface area contributed by atoms with Crippen molar-refractivity contribution in [2.24, 2.45) is 10.2 Å². The minimum absolute atomic E-state index is 0.379. The van der Waals surface area contributed by atoms with Crippen LogP contribution in [0.3, 0.4) is 0 Å². The Balaban J connectivity index is 1.24. The van der Waals surface area contributed by atoms with E-state index in [2.05, 4.69) is 17.2 Å². The Bertz CT molecular complexity index is 1230. The van der Waals surface area contributed by atoms with Gasteiger partial charge in [0.25, 0.3) is 0 Å². The van der Waals surface area contributed by atoms with E-state index in [0.29, 0.717) is 22.6 Å². The van der Waals surface area contributed by atoms with Gasteiger partial charge in [-0.3, -0.25) is 0 Å². The number of carbonyl (C=O) groups is 1. The van der Waals surface area contributed by atoms with Crippen LogP contribution in [0.5, 0.6) is 11.5 Å². The number of nitriles is 1. The fourth-order valence-corrected chi connectivity index (χ4v) is 4.64. The predicted octanol–water partition coefficient (Wildman–Crippen LogP) is 11.1. The summed E-state index contributed by atoms with van der Waals surface area (Å²) in [5, 5.41) is 17.4. The molecule has 0 fully saturated rings. The molecule has 0 unspecified atom stereocenters. The zero-order chi connectivity index (χ0) is 29.7. The van der Waals surface area contributed by atoms with Crippen molar-refractivity contribution in [2.75, 3.05) is 6.61 Å². The lowest BCUT2D eigenvalue weighted by molar-refractivity contribution is 0.0734. The van der Waals surface area contributed by atoms with Crippen LogP contribution in [-0.4, -0.2) is 12.6 Å². The lowest BCUT2D eigenvalue weighted by atomic mass is 10.0. The third kappa shape index (κ3) is 13.1. The van der Waals surface area contributed by atoms with E-state index in [1.807, 2.05) is 30.3 Å². The highest BCUT2D eigenvalue weighted by Crippen LogP contribution is 2.24. The average Bonchev–Trinajstić information content (AvgIpc) is 3.03. The molecule has 0 N–H and O–H groups in total. The summed E-state index contributed by atoms with van der Waals surface area (Å²) < 4.78 is 11.3. The standard InChI is InChI=1S/C36H45N3O3/c1-2-3-4-5-6-7-8-9-10-11-12-13-14-15-28-41-34-24-20-32(21-25-34)38-39-33-22-26-35(27-23-33)42-36(40)31-18-16-30(29-37)17-19-31/h16-27H,2-15,28H2,1H3. The molecule has 0 spiro atoms. The second-order valence-corrected chi connectivity index (χ2v) is 10.7. The minimum Gasteiger partial charge on any atom is -0.494 e. The summed E-state index contributed by atoms with van der Waals surface area (Å²) in [6.45, 7) is 3.01. The van der Waals surface area contributed by atoms with E-state index in [-0.39, 0.29) is 0 Å². The second-order valence-electron chi connectivity index (χ2n) is 10.7. The first-order valence-electron chi connectivity index (χ1n) is 15.6. The van der Waals surface area contributed by atoms with E-state index in [0.717, 1.165) is 24.5 Å². The molecule has 0 aliphatic rings. The largest absolute Gasteiger partial charge is 0.494 e. The Morgan fingerprint density at radius 3 is 1.55 bits per heavy atom. The van der Waals surface area contributed by atoms with E-state index < -0.39 is 5.97 Å². The Labute approximate surface area is 251 Å². The maximum absolute atomic E-state index is 12.3. The molecule has 0 amide bonds. The molecule has 0 radical (unpaired) electrons. The van der Waals surface area contributed by atoms with Crippen LogP contribution in [0.15, 0.2) is 83.0 Å². The van der Waals surface area contributed by atoms with E-state index in [1.54, 1.807) is 48.5 Å². The highest BCUT2D eigenvalue weighted by molar-refractivity contribution is 5.91. The zero-order valence-electron chi connectivity index (χ0n) is 25.1. The van der Waals surface area contributed by atoms with E-state index in [4.69, 9.17) is 14.7 Å². The van der Waals surface area contributed by atoms with Crippen molar-refractivity contribution in [1.29, 1.82) is 5.26 Å². The Morgan fingerprint density at radius 1 is 0.619 bits per heavy atom. The number of carbonyl (C=O) groups excluding carboxylic acids is 1. The maximum Gasteiger partial charge on any atom is 0.343 e. The molecule has 0 saturated carbocycles. The fourth-order valence-electron chi connectivity index (χ4n) is 4.64. The Morgan fingerprint density at radius 2 is 1.07 bits per heavy atom. The van der Waals surface area contributed by atoms with Gasteiger partial charge in [0.1, 0.15) is 11.5 Å². The normalized spacial score (nSPS) is 11.0. The first kappa shape index (κ1) is 32.5. The van der Waals surface area contributed by atoms with E-state index in [1.165, 1.54) is 83.5 Å². The van der Waals surface area contributed by atoms with Crippen LogP contribution in [0.4, 0.5) is 11.4 Å². The molecule has 0 heterocycles. The monoisotopic (exact) mass is 567 g/mol. The van der Waals surface area contributed by atoms with Gasteiger partial charge in [-0.15, -0.1) is 0 Å². The molecule has 0 saturated heterocycles. The van der Waals surface area contributed by atoms with Gasteiger partial charge in [-0.25, -0.2) is 4.79 Å².